The number of pyridine rings is 1. The van der Waals surface area contributed by atoms with Gasteiger partial charge >= 0.3 is 0 Å². The zero-order valence-corrected chi connectivity index (χ0v) is 22.1. The number of carbonyl (C=O) groups excluding carboxylic acids is 1. The van der Waals surface area contributed by atoms with Gasteiger partial charge in [0.1, 0.15) is 0 Å². The van der Waals surface area contributed by atoms with Gasteiger partial charge in [0, 0.05) is 58.4 Å². The van der Waals surface area contributed by atoms with E-state index in [4.69, 9.17) is 16.6 Å². The van der Waals surface area contributed by atoms with Crippen LogP contribution in [0.5, 0.6) is 0 Å². The first kappa shape index (κ1) is 26.3. The Morgan fingerprint density at radius 1 is 1.00 bits per heavy atom. The van der Waals surface area contributed by atoms with Crippen molar-refractivity contribution in [2.45, 2.75) is 57.8 Å². The molecule has 0 radical (unpaired) electrons. The number of para-hydroxylation sites is 1. The van der Waals surface area contributed by atoms with Crippen molar-refractivity contribution in [3.05, 3.63) is 70.5 Å². The van der Waals surface area contributed by atoms with Gasteiger partial charge in [-0.05, 0) is 80.3 Å². The largest absolute Gasteiger partial charge is 0.384 e. The fourth-order valence-electron chi connectivity index (χ4n) is 5.16. The van der Waals surface area contributed by atoms with Gasteiger partial charge in [-0.2, -0.15) is 0 Å². The highest BCUT2D eigenvalue weighted by molar-refractivity contribution is 6.31. The number of unbranched alkanes of at least 4 members (excludes halogenated alkanes) is 2. The molecule has 2 heterocycles. The molecule has 0 aliphatic heterocycles. The maximum Gasteiger partial charge on any atom is 0.220 e. The summed E-state index contributed by atoms with van der Waals surface area (Å²) in [4.78, 5) is 20.5. The molecule has 5 nitrogen and oxygen atoms in total. The van der Waals surface area contributed by atoms with Crippen LogP contribution in [0.1, 0.15) is 55.3 Å². The molecular formula is C29H34Cl2N4O. The van der Waals surface area contributed by atoms with Crippen molar-refractivity contribution in [1.29, 1.82) is 0 Å². The number of carbonyl (C=O) groups is 1. The quantitative estimate of drug-likeness (QED) is 0.195. The lowest BCUT2D eigenvalue weighted by Gasteiger charge is -2.22. The van der Waals surface area contributed by atoms with Gasteiger partial charge in [0.25, 0.3) is 0 Å². The number of benzene rings is 2. The Balaban J connectivity index is 0.00000304. The van der Waals surface area contributed by atoms with Gasteiger partial charge in [-0.25, -0.2) is 0 Å². The van der Waals surface area contributed by atoms with Crippen LogP contribution in [0.4, 0.5) is 5.69 Å². The Kier molecular flexibility index (Phi) is 9.11. The summed E-state index contributed by atoms with van der Waals surface area (Å²) in [5.74, 6) is 0.142. The van der Waals surface area contributed by atoms with Crippen molar-refractivity contribution in [3.8, 4) is 0 Å². The lowest BCUT2D eigenvalue weighted by molar-refractivity contribution is -0.121. The molecule has 5 rings (SSSR count). The second-order valence-electron chi connectivity index (χ2n) is 9.48. The normalized spacial score (nSPS) is 12.8. The van der Waals surface area contributed by atoms with Crippen LogP contribution >= 0.6 is 24.0 Å². The van der Waals surface area contributed by atoms with E-state index in [1.54, 1.807) is 0 Å². The number of nitrogens with zero attached hydrogens (tertiary/aromatic N) is 1. The summed E-state index contributed by atoms with van der Waals surface area (Å²) in [5.41, 5.74) is 7.20. The van der Waals surface area contributed by atoms with Crippen LogP contribution in [0.2, 0.25) is 5.02 Å². The predicted molar refractivity (Wildman–Crippen MR) is 153 cm³/mol. The Bertz CT molecular complexity index is 1330. The predicted octanol–water partition coefficient (Wildman–Crippen LogP) is 7.00. The van der Waals surface area contributed by atoms with Crippen LogP contribution in [-0.4, -0.2) is 29.0 Å². The smallest absolute Gasteiger partial charge is 0.220 e. The average molecular weight is 526 g/mol. The Labute approximate surface area is 223 Å². The van der Waals surface area contributed by atoms with Crippen LogP contribution in [0.3, 0.4) is 0 Å². The number of rotatable bonds is 10. The van der Waals surface area contributed by atoms with Crippen molar-refractivity contribution in [1.82, 2.24) is 15.3 Å². The maximum atomic E-state index is 12.3. The van der Waals surface area contributed by atoms with Gasteiger partial charge in [-0.1, -0.05) is 36.2 Å². The van der Waals surface area contributed by atoms with Crippen molar-refractivity contribution < 1.29 is 4.79 Å². The summed E-state index contributed by atoms with van der Waals surface area (Å²) in [5, 5.41) is 9.90. The maximum absolute atomic E-state index is 12.3. The van der Waals surface area contributed by atoms with Crippen molar-refractivity contribution in [2.75, 3.05) is 18.4 Å². The topological polar surface area (TPSA) is 69.8 Å². The molecule has 2 aromatic carbocycles. The van der Waals surface area contributed by atoms with E-state index in [9.17, 15) is 4.79 Å². The molecule has 0 unspecified atom stereocenters. The number of anilines is 1. The molecule has 4 aromatic rings. The van der Waals surface area contributed by atoms with Gasteiger partial charge in [-0.15, -0.1) is 12.4 Å². The number of H-pyrrole nitrogens is 1. The number of aryl methyl sites for hydroxylation is 1. The second-order valence-corrected chi connectivity index (χ2v) is 9.91. The first-order chi connectivity index (χ1) is 17.2. The highest BCUT2D eigenvalue weighted by Gasteiger charge is 2.18. The Morgan fingerprint density at radius 2 is 1.86 bits per heavy atom. The third-order valence-corrected chi connectivity index (χ3v) is 7.23. The summed E-state index contributed by atoms with van der Waals surface area (Å²) >= 11 is 6.23. The highest BCUT2D eigenvalue weighted by Crippen LogP contribution is 2.34. The van der Waals surface area contributed by atoms with Crippen molar-refractivity contribution in [3.63, 3.8) is 0 Å². The summed E-state index contributed by atoms with van der Waals surface area (Å²) in [6, 6.07) is 14.3. The third-order valence-electron chi connectivity index (χ3n) is 7.00. The standard InChI is InChI=1S/C29H33ClN4O.ClH/c30-21-13-14-24-27(18-21)34-26-11-6-4-9-23(26)29(24)32-16-7-1-2-12-28(35)31-17-15-20-19-33-25-10-5-3-8-22(20)25;/h3,5,8,10,13-14,18-19,33H,1-2,4,6-7,9,11-12,15-17H2,(H,31,35)(H,32,34);1H. The SMILES string of the molecule is Cl.O=C(CCCCCNc1c2c(nc3cc(Cl)ccc13)CCCC2)NCCc1c[nH]c2ccccc12. The number of nitrogens with one attached hydrogen (secondary N) is 3. The van der Waals surface area contributed by atoms with E-state index in [2.05, 4.69) is 39.9 Å². The molecule has 7 heteroatoms. The fourth-order valence-corrected chi connectivity index (χ4v) is 5.33. The third kappa shape index (κ3) is 6.13. The lowest BCUT2D eigenvalue weighted by Crippen LogP contribution is -2.25. The number of amides is 1. The molecule has 0 fully saturated rings. The second kappa shape index (κ2) is 12.5. The molecule has 2 aromatic heterocycles. The van der Waals surface area contributed by atoms with E-state index in [1.807, 2.05) is 24.4 Å². The molecule has 1 aliphatic carbocycles. The highest BCUT2D eigenvalue weighted by atomic mass is 35.5. The van der Waals surface area contributed by atoms with E-state index in [0.717, 1.165) is 66.5 Å². The summed E-state index contributed by atoms with van der Waals surface area (Å²) < 4.78 is 0. The van der Waals surface area contributed by atoms with E-state index < -0.39 is 0 Å². The van der Waals surface area contributed by atoms with E-state index in [0.29, 0.717) is 13.0 Å². The lowest BCUT2D eigenvalue weighted by atomic mass is 9.92. The molecular weight excluding hydrogens is 491 g/mol. The number of aromatic amines is 1. The molecule has 36 heavy (non-hydrogen) atoms. The van der Waals surface area contributed by atoms with Gasteiger partial charge in [-0.3, -0.25) is 9.78 Å². The molecule has 0 spiro atoms. The number of aromatic nitrogens is 2. The van der Waals surface area contributed by atoms with Crippen LogP contribution in [-0.2, 0) is 24.1 Å². The summed E-state index contributed by atoms with van der Waals surface area (Å²) in [7, 11) is 0. The average Bonchev–Trinajstić information content (AvgIpc) is 3.28. The molecule has 1 aliphatic rings. The van der Waals surface area contributed by atoms with Gasteiger partial charge in [0.05, 0.1) is 5.52 Å². The summed E-state index contributed by atoms with van der Waals surface area (Å²) in [6.07, 6.45) is 11.0. The van der Waals surface area contributed by atoms with Crippen LogP contribution in [0, 0.1) is 0 Å². The van der Waals surface area contributed by atoms with Crippen molar-refractivity contribution >= 4 is 57.4 Å². The zero-order valence-electron chi connectivity index (χ0n) is 20.5. The molecule has 190 valence electrons. The number of halogens is 2. The van der Waals surface area contributed by atoms with E-state index in [1.165, 1.54) is 40.7 Å². The van der Waals surface area contributed by atoms with Crippen LogP contribution in [0.25, 0.3) is 21.8 Å². The van der Waals surface area contributed by atoms with E-state index >= 15 is 0 Å². The molecule has 0 bridgehead atoms. The molecule has 3 N–H and O–H groups in total. The molecule has 0 saturated heterocycles. The number of fused-ring (bicyclic) bond motifs is 3. The van der Waals surface area contributed by atoms with E-state index in [-0.39, 0.29) is 18.3 Å². The summed E-state index contributed by atoms with van der Waals surface area (Å²) in [6.45, 7) is 1.57. The Morgan fingerprint density at radius 3 is 2.78 bits per heavy atom. The first-order valence-electron chi connectivity index (χ1n) is 12.9. The number of hydrogen-bond donors (Lipinski definition) is 3. The first-order valence-corrected chi connectivity index (χ1v) is 13.2. The monoisotopic (exact) mass is 524 g/mol. The fraction of sp³-hybridized carbons (Fsp3) is 0.379. The van der Waals surface area contributed by atoms with Gasteiger partial charge in [0.15, 0.2) is 0 Å². The van der Waals surface area contributed by atoms with Crippen LogP contribution in [0.15, 0.2) is 48.7 Å². The van der Waals surface area contributed by atoms with Crippen molar-refractivity contribution in [2.24, 2.45) is 0 Å². The zero-order chi connectivity index (χ0) is 24.0. The van der Waals surface area contributed by atoms with Gasteiger partial charge < -0.3 is 15.6 Å². The minimum atomic E-state index is 0. The van der Waals surface area contributed by atoms with Gasteiger partial charge in [0.2, 0.25) is 5.91 Å². The molecule has 1 amide bonds. The van der Waals surface area contributed by atoms with Crippen LogP contribution < -0.4 is 10.6 Å². The molecule has 0 atom stereocenters. The number of hydrogen-bond acceptors (Lipinski definition) is 3. The minimum absolute atomic E-state index is 0. The minimum Gasteiger partial charge on any atom is -0.384 e. The molecule has 0 saturated carbocycles. The Hall–Kier alpha value is -2.76.